The highest BCUT2D eigenvalue weighted by Crippen LogP contribution is 2.46. The number of aromatic nitrogens is 1. The van der Waals surface area contributed by atoms with Crippen molar-refractivity contribution >= 4 is 38.6 Å². The maximum absolute atomic E-state index is 13.3. The second-order valence-electron chi connectivity index (χ2n) is 8.13. The Morgan fingerprint density at radius 1 is 1.11 bits per heavy atom. The average Bonchev–Trinajstić information content (AvgIpc) is 3.36. The number of carbonyl (C=O) groups excluding carboxylic acids is 2. The number of rotatable bonds is 2. The third-order valence-electron chi connectivity index (χ3n) is 6.43. The predicted molar refractivity (Wildman–Crippen MR) is 108 cm³/mol. The largest absolute Gasteiger partial charge is 0.458 e. The number of benzene rings is 1. The molecule has 5 rings (SSSR count). The number of nitrogens with zero attached hydrogens (tertiary/aromatic N) is 3. The summed E-state index contributed by atoms with van der Waals surface area (Å²) in [6.45, 7) is 3.09. The van der Waals surface area contributed by atoms with Gasteiger partial charge in [0.05, 0.1) is 22.6 Å². The summed E-state index contributed by atoms with van der Waals surface area (Å²) in [5.41, 5.74) is 0.511. The van der Waals surface area contributed by atoms with Gasteiger partial charge in [0.15, 0.2) is 5.13 Å². The average molecular weight is 400 g/mol. The van der Waals surface area contributed by atoms with E-state index >= 15 is 0 Å². The smallest absolute Gasteiger partial charge is 0.307 e. The monoisotopic (exact) mass is 399 g/mol. The molecule has 2 saturated heterocycles. The molecule has 0 bridgehead atoms. The van der Waals surface area contributed by atoms with Gasteiger partial charge >= 0.3 is 5.97 Å². The number of hydrogen-bond acceptors (Lipinski definition) is 6. The van der Waals surface area contributed by atoms with E-state index in [9.17, 15) is 9.59 Å². The zero-order chi connectivity index (χ0) is 19.1. The molecule has 1 amide bonds. The number of hydrogen-bond donors (Lipinski definition) is 0. The van der Waals surface area contributed by atoms with Gasteiger partial charge in [0, 0.05) is 26.2 Å². The van der Waals surface area contributed by atoms with Crippen molar-refractivity contribution in [2.75, 3.05) is 31.1 Å². The molecule has 1 saturated carbocycles. The molecule has 1 aromatic heterocycles. The zero-order valence-electron chi connectivity index (χ0n) is 15.9. The van der Waals surface area contributed by atoms with Crippen LogP contribution < -0.4 is 4.90 Å². The molecule has 3 fully saturated rings. The van der Waals surface area contributed by atoms with Gasteiger partial charge in [-0.2, -0.15) is 0 Å². The van der Waals surface area contributed by atoms with Crippen LogP contribution in [0.15, 0.2) is 24.3 Å². The fourth-order valence-corrected chi connectivity index (χ4v) is 5.99. The molecule has 2 aliphatic heterocycles. The number of thiazole rings is 1. The summed E-state index contributed by atoms with van der Waals surface area (Å²) in [6.07, 6.45) is 4.92. The Kier molecular flexibility index (Phi) is 4.50. The van der Waals surface area contributed by atoms with Crippen molar-refractivity contribution in [1.29, 1.82) is 0 Å². The summed E-state index contributed by atoms with van der Waals surface area (Å²) in [5, 5.41) is 1.03. The number of para-hydroxylation sites is 1. The van der Waals surface area contributed by atoms with E-state index in [1.807, 2.05) is 23.1 Å². The summed E-state index contributed by atoms with van der Waals surface area (Å²) >= 11 is 1.71. The standard InChI is InChI=1S/C21H25N3O3S/c25-18-14-15(21(27-18)8-3-4-9-21)19(26)23-10-5-11-24(13-12-23)20-22-16-6-1-2-7-17(16)28-20/h1-2,6-7,15H,3-5,8-14H2. The van der Waals surface area contributed by atoms with E-state index < -0.39 is 5.60 Å². The molecule has 1 aromatic carbocycles. The second kappa shape index (κ2) is 7.03. The van der Waals surface area contributed by atoms with E-state index in [2.05, 4.69) is 11.0 Å². The highest BCUT2D eigenvalue weighted by Gasteiger charge is 2.54. The van der Waals surface area contributed by atoms with Gasteiger partial charge < -0.3 is 14.5 Å². The SMILES string of the molecule is O=C1CC(C(=O)N2CCCN(c3nc4ccccc4s3)CC2)C2(CCCC2)O1. The third-order valence-corrected chi connectivity index (χ3v) is 7.53. The van der Waals surface area contributed by atoms with Crippen molar-refractivity contribution < 1.29 is 14.3 Å². The molecule has 0 radical (unpaired) electrons. The molecule has 1 spiro atoms. The lowest BCUT2D eigenvalue weighted by Gasteiger charge is -2.32. The highest BCUT2D eigenvalue weighted by atomic mass is 32.1. The van der Waals surface area contributed by atoms with Crippen LogP contribution in [0.3, 0.4) is 0 Å². The van der Waals surface area contributed by atoms with Crippen LogP contribution in [0.25, 0.3) is 10.2 Å². The van der Waals surface area contributed by atoms with Gasteiger partial charge in [0.1, 0.15) is 5.60 Å². The molecule has 1 atom stereocenters. The minimum atomic E-state index is -0.521. The Bertz CT molecular complexity index is 872. The minimum Gasteiger partial charge on any atom is -0.458 e. The Morgan fingerprint density at radius 3 is 2.75 bits per heavy atom. The summed E-state index contributed by atoms with van der Waals surface area (Å²) in [5.74, 6) is -0.387. The lowest BCUT2D eigenvalue weighted by molar-refractivity contribution is -0.151. The lowest BCUT2D eigenvalue weighted by atomic mass is 9.84. The molecule has 28 heavy (non-hydrogen) atoms. The van der Waals surface area contributed by atoms with Crippen LogP contribution in [-0.4, -0.2) is 53.5 Å². The molecule has 1 aliphatic carbocycles. The molecule has 6 nitrogen and oxygen atoms in total. The predicted octanol–water partition coefficient (Wildman–Crippen LogP) is 3.21. The van der Waals surface area contributed by atoms with Crippen molar-refractivity contribution in [3.05, 3.63) is 24.3 Å². The molecule has 3 heterocycles. The van der Waals surface area contributed by atoms with Crippen molar-refractivity contribution in [3.63, 3.8) is 0 Å². The normalized spacial score (nSPS) is 24.7. The first-order valence-corrected chi connectivity index (χ1v) is 11.1. The molecule has 3 aliphatic rings. The van der Waals surface area contributed by atoms with E-state index in [1.165, 1.54) is 4.70 Å². The number of fused-ring (bicyclic) bond motifs is 1. The lowest BCUT2D eigenvalue weighted by Crippen LogP contribution is -2.46. The molecule has 2 aromatic rings. The Balaban J connectivity index is 1.30. The van der Waals surface area contributed by atoms with E-state index in [1.54, 1.807) is 11.3 Å². The summed E-state index contributed by atoms with van der Waals surface area (Å²) in [6, 6.07) is 8.19. The molecule has 7 heteroatoms. The van der Waals surface area contributed by atoms with Crippen molar-refractivity contribution in [3.8, 4) is 0 Å². The highest BCUT2D eigenvalue weighted by molar-refractivity contribution is 7.22. The van der Waals surface area contributed by atoms with E-state index in [4.69, 9.17) is 9.72 Å². The number of carbonyl (C=O) groups is 2. The van der Waals surface area contributed by atoms with Crippen LogP contribution in [0, 0.1) is 5.92 Å². The third kappa shape index (κ3) is 3.05. The van der Waals surface area contributed by atoms with Crippen molar-refractivity contribution in [1.82, 2.24) is 9.88 Å². The number of amides is 1. The first-order valence-electron chi connectivity index (χ1n) is 10.3. The van der Waals surface area contributed by atoms with Crippen LogP contribution >= 0.6 is 11.3 Å². The summed E-state index contributed by atoms with van der Waals surface area (Å²) in [4.78, 5) is 34.3. The zero-order valence-corrected chi connectivity index (χ0v) is 16.7. The van der Waals surface area contributed by atoms with Gasteiger partial charge in [-0.3, -0.25) is 9.59 Å². The van der Waals surface area contributed by atoms with E-state index in [0.29, 0.717) is 6.54 Å². The summed E-state index contributed by atoms with van der Waals surface area (Å²) in [7, 11) is 0. The molecular weight excluding hydrogens is 374 g/mol. The van der Waals surface area contributed by atoms with Gasteiger partial charge in [0.2, 0.25) is 5.91 Å². The quantitative estimate of drug-likeness (QED) is 0.726. The maximum atomic E-state index is 13.3. The van der Waals surface area contributed by atoms with E-state index in [0.717, 1.165) is 62.4 Å². The first-order chi connectivity index (χ1) is 13.6. The second-order valence-corrected chi connectivity index (χ2v) is 9.14. The van der Waals surface area contributed by atoms with Gasteiger partial charge in [-0.05, 0) is 44.2 Å². The topological polar surface area (TPSA) is 62.7 Å². The maximum Gasteiger partial charge on any atom is 0.307 e. The van der Waals surface area contributed by atoms with Crippen LogP contribution in [0.5, 0.6) is 0 Å². The molecule has 1 unspecified atom stereocenters. The Labute approximate surface area is 168 Å². The number of ether oxygens (including phenoxy) is 1. The Hall–Kier alpha value is -2.15. The van der Waals surface area contributed by atoms with E-state index in [-0.39, 0.29) is 24.2 Å². The molecule has 148 valence electrons. The minimum absolute atomic E-state index is 0.110. The van der Waals surface area contributed by atoms with Crippen molar-refractivity contribution in [2.24, 2.45) is 5.92 Å². The number of esters is 1. The number of anilines is 1. The van der Waals surface area contributed by atoms with Gasteiger partial charge in [-0.15, -0.1) is 0 Å². The van der Waals surface area contributed by atoms with Gasteiger partial charge in [-0.1, -0.05) is 23.5 Å². The van der Waals surface area contributed by atoms with Gasteiger partial charge in [0.25, 0.3) is 0 Å². The summed E-state index contributed by atoms with van der Waals surface area (Å²) < 4.78 is 6.88. The van der Waals surface area contributed by atoms with Gasteiger partial charge in [-0.25, -0.2) is 4.98 Å². The molecule has 0 N–H and O–H groups in total. The van der Waals surface area contributed by atoms with Crippen LogP contribution in [-0.2, 0) is 14.3 Å². The fraction of sp³-hybridized carbons (Fsp3) is 0.571. The van der Waals surface area contributed by atoms with Crippen LogP contribution in [0.4, 0.5) is 5.13 Å². The fourth-order valence-electron chi connectivity index (χ4n) is 4.97. The first kappa shape index (κ1) is 17.9. The van der Waals surface area contributed by atoms with Crippen LogP contribution in [0.1, 0.15) is 38.5 Å². The Morgan fingerprint density at radius 2 is 1.93 bits per heavy atom. The van der Waals surface area contributed by atoms with Crippen LogP contribution in [0.2, 0.25) is 0 Å². The molecular formula is C21H25N3O3S. The van der Waals surface area contributed by atoms with Crippen molar-refractivity contribution in [2.45, 2.75) is 44.1 Å².